The molecule has 1 aromatic heterocycles. The molecule has 2 heterocycles. The van der Waals surface area contributed by atoms with E-state index >= 15 is 0 Å². The lowest BCUT2D eigenvalue weighted by atomic mass is 9.92. The molecule has 0 fully saturated rings. The van der Waals surface area contributed by atoms with Gasteiger partial charge in [0.25, 0.3) is 0 Å². The first-order valence-electron chi connectivity index (χ1n) is 13.3. The largest absolute Gasteiger partial charge is 0.382 e. The fourth-order valence-electron chi connectivity index (χ4n) is 5.07. The second-order valence-electron chi connectivity index (χ2n) is 10.9. The number of amides is 1. The Kier molecular flexibility index (Phi) is 10.5. The van der Waals surface area contributed by atoms with Crippen LogP contribution in [0.2, 0.25) is 0 Å². The highest BCUT2D eigenvalue weighted by atomic mass is 35.5. The molecule has 1 amide bonds. The van der Waals surface area contributed by atoms with Crippen molar-refractivity contribution in [3.63, 3.8) is 0 Å². The zero-order chi connectivity index (χ0) is 28.9. The summed E-state index contributed by atoms with van der Waals surface area (Å²) in [7, 11) is -1.71. The van der Waals surface area contributed by atoms with E-state index in [1.165, 1.54) is 0 Å². The standard InChI is InChI=1S/C30H37N5O4S.ClH/c1-30(2)21-32-26-12-11-23(18-28(26)34(3)29(30)37)27(14-17-36)35(16-13-22-8-7-15-31-19-22)20-24-9-5-6-10-25(24)33-40(4,38)39;/h5-12,15,17-19,27,32-33H,13-14,16,20-21H2,1-4H3;1H. The van der Waals surface area contributed by atoms with Crippen molar-refractivity contribution in [2.75, 3.05) is 41.3 Å². The third-order valence-electron chi connectivity index (χ3n) is 7.23. The first kappa shape index (κ1) is 32.0. The van der Waals surface area contributed by atoms with Gasteiger partial charge in [-0.15, -0.1) is 12.4 Å². The first-order valence-corrected chi connectivity index (χ1v) is 15.2. The molecule has 220 valence electrons. The second-order valence-corrected chi connectivity index (χ2v) is 12.7. The summed E-state index contributed by atoms with van der Waals surface area (Å²) in [5.41, 5.74) is 4.29. The lowest BCUT2D eigenvalue weighted by molar-refractivity contribution is -0.125. The number of sulfonamides is 1. The zero-order valence-electron chi connectivity index (χ0n) is 23.8. The Hall–Kier alpha value is -3.47. The summed E-state index contributed by atoms with van der Waals surface area (Å²) in [6, 6.07) is 16.8. The van der Waals surface area contributed by atoms with E-state index in [1.807, 2.05) is 62.5 Å². The number of rotatable bonds is 11. The smallest absolute Gasteiger partial charge is 0.234 e. The van der Waals surface area contributed by atoms with Crippen LogP contribution in [0.25, 0.3) is 0 Å². The number of anilines is 3. The molecule has 0 spiro atoms. The van der Waals surface area contributed by atoms with Crippen LogP contribution < -0.4 is 14.9 Å². The third-order valence-corrected chi connectivity index (χ3v) is 7.82. The molecule has 2 aromatic carbocycles. The molecule has 9 nitrogen and oxygen atoms in total. The van der Waals surface area contributed by atoms with Crippen LogP contribution in [0.5, 0.6) is 0 Å². The van der Waals surface area contributed by atoms with E-state index in [2.05, 4.69) is 19.9 Å². The number of benzene rings is 2. The van der Waals surface area contributed by atoms with Crippen LogP contribution in [0.3, 0.4) is 0 Å². The van der Waals surface area contributed by atoms with Gasteiger partial charge in [0.15, 0.2) is 0 Å². The Bertz CT molecular complexity index is 1470. The second kappa shape index (κ2) is 13.5. The van der Waals surface area contributed by atoms with Gasteiger partial charge in [0, 0.05) is 51.5 Å². The van der Waals surface area contributed by atoms with Crippen LogP contribution >= 0.6 is 12.4 Å². The molecule has 0 saturated heterocycles. The van der Waals surface area contributed by atoms with Crippen molar-refractivity contribution >= 4 is 51.7 Å². The van der Waals surface area contributed by atoms with Crippen molar-refractivity contribution in [2.45, 2.75) is 39.3 Å². The number of carbonyl (C=O) groups excluding carboxylic acids is 2. The molecule has 1 unspecified atom stereocenters. The van der Waals surface area contributed by atoms with Gasteiger partial charge in [-0.25, -0.2) is 8.42 Å². The number of nitrogens with zero attached hydrogens (tertiary/aromatic N) is 3. The van der Waals surface area contributed by atoms with Gasteiger partial charge >= 0.3 is 0 Å². The van der Waals surface area contributed by atoms with Crippen molar-refractivity contribution < 1.29 is 18.0 Å². The van der Waals surface area contributed by atoms with Crippen LogP contribution in [0.15, 0.2) is 67.0 Å². The predicted molar refractivity (Wildman–Crippen MR) is 166 cm³/mol. The molecular formula is C30H38ClN5O4S. The Morgan fingerprint density at radius 3 is 2.61 bits per heavy atom. The van der Waals surface area contributed by atoms with E-state index in [4.69, 9.17) is 0 Å². The number of halogens is 1. The maximum Gasteiger partial charge on any atom is 0.234 e. The van der Waals surface area contributed by atoms with E-state index < -0.39 is 15.4 Å². The number of nitrogens with one attached hydrogen (secondary N) is 2. The molecule has 2 N–H and O–H groups in total. The highest BCUT2D eigenvalue weighted by molar-refractivity contribution is 7.92. The van der Waals surface area contributed by atoms with Gasteiger partial charge in [-0.2, -0.15) is 0 Å². The molecular weight excluding hydrogens is 562 g/mol. The van der Waals surface area contributed by atoms with Crippen molar-refractivity contribution in [3.8, 4) is 0 Å². The third kappa shape index (κ3) is 8.06. The van der Waals surface area contributed by atoms with Gasteiger partial charge in [0.1, 0.15) is 6.29 Å². The number of aromatic nitrogens is 1. The van der Waals surface area contributed by atoms with Crippen LogP contribution in [0.4, 0.5) is 17.1 Å². The Balaban J connectivity index is 0.00000462. The van der Waals surface area contributed by atoms with Gasteiger partial charge < -0.3 is 15.0 Å². The number of carbonyl (C=O) groups is 2. The number of aldehydes is 1. The molecule has 1 aliphatic rings. The molecule has 4 rings (SSSR count). The fourth-order valence-corrected chi connectivity index (χ4v) is 5.66. The van der Waals surface area contributed by atoms with Gasteiger partial charge in [-0.05, 0) is 61.2 Å². The Morgan fingerprint density at radius 1 is 1.17 bits per heavy atom. The predicted octanol–water partition coefficient (Wildman–Crippen LogP) is 4.66. The number of pyridine rings is 1. The summed E-state index contributed by atoms with van der Waals surface area (Å²) in [5, 5.41) is 3.40. The quantitative estimate of drug-likeness (QED) is 0.308. The minimum absolute atomic E-state index is 0. The molecule has 0 aliphatic carbocycles. The highest BCUT2D eigenvalue weighted by Gasteiger charge is 2.35. The summed E-state index contributed by atoms with van der Waals surface area (Å²) in [4.78, 5) is 33.3. The van der Waals surface area contributed by atoms with Crippen molar-refractivity contribution in [1.82, 2.24) is 9.88 Å². The summed E-state index contributed by atoms with van der Waals surface area (Å²) in [6.07, 6.45) is 6.50. The van der Waals surface area contributed by atoms with Crippen LogP contribution in [0.1, 0.15) is 43.0 Å². The summed E-state index contributed by atoms with van der Waals surface area (Å²) in [6.45, 7) is 5.34. The average Bonchev–Trinajstić information content (AvgIpc) is 3.00. The highest BCUT2D eigenvalue weighted by Crippen LogP contribution is 2.37. The number of hydrogen-bond donors (Lipinski definition) is 2. The van der Waals surface area contributed by atoms with E-state index in [0.717, 1.165) is 40.6 Å². The van der Waals surface area contributed by atoms with Gasteiger partial charge in [-0.1, -0.05) is 30.3 Å². The molecule has 1 aliphatic heterocycles. The topological polar surface area (TPSA) is 112 Å². The monoisotopic (exact) mass is 599 g/mol. The molecule has 11 heteroatoms. The van der Waals surface area contributed by atoms with Crippen molar-refractivity contribution in [3.05, 3.63) is 83.7 Å². The minimum atomic E-state index is -3.49. The maximum absolute atomic E-state index is 13.2. The normalized spacial score (nSPS) is 15.2. The summed E-state index contributed by atoms with van der Waals surface area (Å²) >= 11 is 0. The van der Waals surface area contributed by atoms with E-state index in [-0.39, 0.29) is 30.8 Å². The zero-order valence-corrected chi connectivity index (χ0v) is 25.5. The Labute approximate surface area is 248 Å². The van der Waals surface area contributed by atoms with E-state index in [0.29, 0.717) is 31.7 Å². The number of fused-ring (bicyclic) bond motifs is 1. The SMILES string of the molecule is CN1C(=O)C(C)(C)CNc2ccc(C(CC=O)N(CCc3cccnc3)Cc3ccccc3NS(C)(=O)=O)cc21.Cl. The fraction of sp³-hybridized carbons (Fsp3) is 0.367. The minimum Gasteiger partial charge on any atom is -0.382 e. The average molecular weight is 600 g/mol. The lowest BCUT2D eigenvalue weighted by Gasteiger charge is -2.33. The Morgan fingerprint density at radius 2 is 1.93 bits per heavy atom. The van der Waals surface area contributed by atoms with Crippen LogP contribution in [0, 0.1) is 5.41 Å². The van der Waals surface area contributed by atoms with Gasteiger partial charge in [0.05, 0.1) is 28.7 Å². The number of para-hydroxylation sites is 1. The molecule has 0 saturated carbocycles. The lowest BCUT2D eigenvalue weighted by Crippen LogP contribution is -2.40. The molecule has 1 atom stereocenters. The van der Waals surface area contributed by atoms with E-state index in [9.17, 15) is 18.0 Å². The molecule has 0 radical (unpaired) electrons. The summed E-state index contributed by atoms with van der Waals surface area (Å²) < 4.78 is 26.7. The first-order chi connectivity index (χ1) is 19.0. The summed E-state index contributed by atoms with van der Waals surface area (Å²) in [5.74, 6) is 0.0112. The van der Waals surface area contributed by atoms with Crippen molar-refractivity contribution in [1.29, 1.82) is 0 Å². The van der Waals surface area contributed by atoms with Gasteiger partial charge in [-0.3, -0.25) is 19.4 Å². The maximum atomic E-state index is 13.2. The van der Waals surface area contributed by atoms with Crippen molar-refractivity contribution in [2.24, 2.45) is 5.41 Å². The van der Waals surface area contributed by atoms with Crippen LogP contribution in [-0.4, -0.2) is 56.9 Å². The van der Waals surface area contributed by atoms with E-state index in [1.54, 1.807) is 30.3 Å². The molecule has 3 aromatic rings. The van der Waals surface area contributed by atoms with Crippen LogP contribution in [-0.2, 0) is 32.6 Å². The number of hydrogen-bond acceptors (Lipinski definition) is 7. The molecule has 41 heavy (non-hydrogen) atoms. The molecule has 0 bridgehead atoms. The van der Waals surface area contributed by atoms with Gasteiger partial charge in [0.2, 0.25) is 15.9 Å².